The van der Waals surface area contributed by atoms with Crippen LogP contribution in [0.2, 0.25) is 0 Å². The first-order chi connectivity index (χ1) is 9.77. The van der Waals surface area contributed by atoms with Gasteiger partial charge in [-0.3, -0.25) is 0 Å². The van der Waals surface area contributed by atoms with Gasteiger partial charge in [0, 0.05) is 25.7 Å². The quantitative estimate of drug-likeness (QED) is 0.840. The third-order valence-corrected chi connectivity index (χ3v) is 7.80. The Morgan fingerprint density at radius 2 is 2.19 bits per heavy atom. The van der Waals surface area contributed by atoms with Crippen molar-refractivity contribution in [3.8, 4) is 0 Å². The van der Waals surface area contributed by atoms with E-state index in [2.05, 4.69) is 20.8 Å². The summed E-state index contributed by atoms with van der Waals surface area (Å²) in [5.74, 6) is -1.12. The van der Waals surface area contributed by atoms with Gasteiger partial charge in [0.05, 0.1) is 3.79 Å². The summed E-state index contributed by atoms with van der Waals surface area (Å²) < 4.78 is 27.2. The number of hydrogen-bond donors (Lipinski definition) is 1. The van der Waals surface area contributed by atoms with Crippen LogP contribution in [0, 0.1) is 0 Å². The molecule has 1 unspecified atom stereocenters. The Labute approximate surface area is 136 Å². The van der Waals surface area contributed by atoms with Crippen LogP contribution in [0.1, 0.15) is 23.0 Å². The highest BCUT2D eigenvalue weighted by atomic mass is 79.9. The first-order valence-electron chi connectivity index (χ1n) is 6.50. The standard InChI is InChI=1S/C12H17BrN2O4S2/c1-3-8-7-15(5-4-14(8)2)21(18,19)10-6-9(12(16)17)20-11(10)13/h6,8H,3-5,7H2,1-2H3,(H,16,17). The Morgan fingerprint density at radius 3 is 2.71 bits per heavy atom. The number of carbonyl (C=O) groups is 1. The second-order valence-electron chi connectivity index (χ2n) is 4.96. The Bertz CT molecular complexity index is 644. The van der Waals surface area contributed by atoms with Crippen molar-refractivity contribution in [1.29, 1.82) is 0 Å². The van der Waals surface area contributed by atoms with Gasteiger partial charge in [0.25, 0.3) is 0 Å². The van der Waals surface area contributed by atoms with Gasteiger partial charge in [0.15, 0.2) is 0 Å². The van der Waals surface area contributed by atoms with Crippen LogP contribution in [0.4, 0.5) is 0 Å². The van der Waals surface area contributed by atoms with E-state index in [-0.39, 0.29) is 15.8 Å². The highest BCUT2D eigenvalue weighted by molar-refractivity contribution is 9.11. The molecule has 1 aromatic rings. The minimum absolute atomic E-state index is 0.0154. The predicted octanol–water partition coefficient (Wildman–Crippen LogP) is 1.92. The van der Waals surface area contributed by atoms with Crippen LogP contribution in [0.5, 0.6) is 0 Å². The highest BCUT2D eigenvalue weighted by Crippen LogP contribution is 2.34. The molecule has 6 nitrogen and oxygen atoms in total. The second kappa shape index (κ2) is 6.33. The fourth-order valence-corrected chi connectivity index (χ4v) is 6.17. The van der Waals surface area contributed by atoms with Crippen LogP contribution in [-0.2, 0) is 10.0 Å². The van der Waals surface area contributed by atoms with Crippen LogP contribution in [-0.4, -0.2) is 61.4 Å². The maximum Gasteiger partial charge on any atom is 0.345 e. The number of likely N-dealkylation sites (N-methyl/N-ethyl adjacent to an activating group) is 1. The number of aromatic carboxylic acids is 1. The van der Waals surface area contributed by atoms with Crippen molar-refractivity contribution in [2.75, 3.05) is 26.7 Å². The highest BCUT2D eigenvalue weighted by Gasteiger charge is 2.34. The van der Waals surface area contributed by atoms with E-state index < -0.39 is 16.0 Å². The number of hydrogen-bond acceptors (Lipinski definition) is 5. The SMILES string of the molecule is CCC1CN(S(=O)(=O)c2cc(C(=O)O)sc2Br)CCN1C. The van der Waals surface area contributed by atoms with Gasteiger partial charge in [-0.25, -0.2) is 13.2 Å². The van der Waals surface area contributed by atoms with E-state index in [4.69, 9.17) is 5.11 Å². The molecule has 0 bridgehead atoms. The number of carboxylic acids is 1. The molecule has 1 saturated heterocycles. The maximum absolute atomic E-state index is 12.7. The number of piperazine rings is 1. The van der Waals surface area contributed by atoms with E-state index in [0.29, 0.717) is 23.4 Å². The lowest BCUT2D eigenvalue weighted by Gasteiger charge is -2.38. The summed E-state index contributed by atoms with van der Waals surface area (Å²) in [6.45, 7) is 3.55. The molecule has 2 rings (SSSR count). The molecule has 0 aromatic carbocycles. The molecule has 1 aromatic heterocycles. The molecule has 0 saturated carbocycles. The Morgan fingerprint density at radius 1 is 1.52 bits per heavy atom. The molecule has 0 radical (unpaired) electrons. The molecule has 9 heteroatoms. The smallest absolute Gasteiger partial charge is 0.345 e. The molecular weight excluding hydrogens is 380 g/mol. The zero-order valence-electron chi connectivity index (χ0n) is 11.7. The van der Waals surface area contributed by atoms with Crippen LogP contribution in [0.15, 0.2) is 14.7 Å². The number of nitrogens with zero attached hydrogens (tertiary/aromatic N) is 2. The van der Waals surface area contributed by atoms with Gasteiger partial charge >= 0.3 is 5.97 Å². The number of thiophene rings is 1. The minimum Gasteiger partial charge on any atom is -0.477 e. The monoisotopic (exact) mass is 396 g/mol. The maximum atomic E-state index is 12.7. The first-order valence-corrected chi connectivity index (χ1v) is 9.55. The molecule has 2 heterocycles. The fourth-order valence-electron chi connectivity index (χ4n) is 2.35. The predicted molar refractivity (Wildman–Crippen MR) is 84.4 cm³/mol. The van der Waals surface area contributed by atoms with Crippen molar-refractivity contribution in [2.45, 2.75) is 24.3 Å². The number of sulfonamides is 1. The van der Waals surface area contributed by atoms with E-state index in [0.717, 1.165) is 17.8 Å². The Kier molecular flexibility index (Phi) is 5.09. The van der Waals surface area contributed by atoms with Crippen molar-refractivity contribution in [3.05, 3.63) is 14.7 Å². The largest absolute Gasteiger partial charge is 0.477 e. The molecule has 1 fully saturated rings. The minimum atomic E-state index is -3.66. The van der Waals surface area contributed by atoms with Crippen molar-refractivity contribution >= 4 is 43.3 Å². The summed E-state index contributed by atoms with van der Waals surface area (Å²) in [7, 11) is -1.68. The molecule has 0 aliphatic carbocycles. The van der Waals surface area contributed by atoms with Gasteiger partial charge in [-0.15, -0.1) is 11.3 Å². The molecule has 1 N–H and O–H groups in total. The van der Waals surface area contributed by atoms with Gasteiger partial charge in [-0.2, -0.15) is 4.31 Å². The van der Waals surface area contributed by atoms with Gasteiger partial charge in [0.1, 0.15) is 9.77 Å². The lowest BCUT2D eigenvalue weighted by atomic mass is 10.1. The molecule has 1 aliphatic rings. The first kappa shape index (κ1) is 16.9. The number of halogens is 1. The Hall–Kier alpha value is -0.480. The van der Waals surface area contributed by atoms with E-state index in [1.807, 2.05) is 14.0 Å². The van der Waals surface area contributed by atoms with Crippen molar-refractivity contribution in [2.24, 2.45) is 0 Å². The number of carboxylic acid groups (broad SMARTS) is 1. The van der Waals surface area contributed by atoms with Crippen molar-refractivity contribution in [3.63, 3.8) is 0 Å². The van der Waals surface area contributed by atoms with E-state index >= 15 is 0 Å². The normalized spacial score (nSPS) is 21.6. The van der Waals surface area contributed by atoms with Crippen LogP contribution in [0.3, 0.4) is 0 Å². The average Bonchev–Trinajstić information content (AvgIpc) is 2.82. The lowest BCUT2D eigenvalue weighted by Crippen LogP contribution is -2.52. The third-order valence-electron chi connectivity index (χ3n) is 3.70. The molecule has 118 valence electrons. The Balaban J connectivity index is 2.32. The third kappa shape index (κ3) is 3.31. The topological polar surface area (TPSA) is 77.9 Å². The van der Waals surface area contributed by atoms with Crippen molar-refractivity contribution < 1.29 is 18.3 Å². The lowest BCUT2D eigenvalue weighted by molar-refractivity contribution is 0.0702. The summed E-state index contributed by atoms with van der Waals surface area (Å²) in [4.78, 5) is 13.2. The summed E-state index contributed by atoms with van der Waals surface area (Å²) in [5.41, 5.74) is 0. The van der Waals surface area contributed by atoms with Crippen LogP contribution < -0.4 is 0 Å². The van der Waals surface area contributed by atoms with Crippen LogP contribution in [0.25, 0.3) is 0 Å². The van der Waals surface area contributed by atoms with Gasteiger partial charge < -0.3 is 10.0 Å². The summed E-state index contributed by atoms with van der Waals surface area (Å²) in [6, 6.07) is 1.41. The summed E-state index contributed by atoms with van der Waals surface area (Å²) >= 11 is 4.09. The van der Waals surface area contributed by atoms with Crippen LogP contribution >= 0.6 is 27.3 Å². The molecule has 0 spiro atoms. The second-order valence-corrected chi connectivity index (χ2v) is 9.24. The average molecular weight is 397 g/mol. The summed E-state index contributed by atoms with van der Waals surface area (Å²) in [6.07, 6.45) is 0.869. The zero-order valence-corrected chi connectivity index (χ0v) is 15.0. The zero-order chi connectivity index (χ0) is 15.8. The molecular formula is C12H17BrN2O4S2. The molecule has 1 atom stereocenters. The van der Waals surface area contributed by atoms with E-state index in [1.54, 1.807) is 0 Å². The van der Waals surface area contributed by atoms with E-state index in [9.17, 15) is 13.2 Å². The molecule has 1 aliphatic heterocycles. The molecule has 0 amide bonds. The van der Waals surface area contributed by atoms with Gasteiger partial charge in [-0.05, 0) is 35.5 Å². The van der Waals surface area contributed by atoms with Gasteiger partial charge in [-0.1, -0.05) is 6.92 Å². The summed E-state index contributed by atoms with van der Waals surface area (Å²) in [5, 5.41) is 8.99. The molecule has 21 heavy (non-hydrogen) atoms. The fraction of sp³-hybridized carbons (Fsp3) is 0.583. The van der Waals surface area contributed by atoms with E-state index in [1.165, 1.54) is 10.4 Å². The number of rotatable bonds is 4. The van der Waals surface area contributed by atoms with Gasteiger partial charge in [0.2, 0.25) is 10.0 Å². The van der Waals surface area contributed by atoms with Crippen molar-refractivity contribution in [1.82, 2.24) is 9.21 Å².